The monoisotopic (exact) mass is 638 g/mol. The van der Waals surface area contributed by atoms with Crippen LogP contribution in [-0.4, -0.2) is 19.9 Å². The Balaban J connectivity index is 1.13. The zero-order valence-corrected chi connectivity index (χ0v) is 27.1. The van der Waals surface area contributed by atoms with E-state index in [4.69, 9.17) is 15.0 Å². The molecule has 0 bridgehead atoms. The fourth-order valence-corrected chi connectivity index (χ4v) is 6.71. The van der Waals surface area contributed by atoms with Crippen molar-refractivity contribution in [3.05, 3.63) is 182 Å². The van der Waals surface area contributed by atoms with Crippen molar-refractivity contribution in [3.63, 3.8) is 0 Å². The Morgan fingerprint density at radius 3 is 1.46 bits per heavy atom. The lowest BCUT2D eigenvalue weighted by Gasteiger charge is -2.15. The Hall–Kier alpha value is -6.78. The maximum absolute atomic E-state index is 4.94. The molecule has 0 fully saturated rings. The second-order valence-corrected chi connectivity index (χ2v) is 12.3. The van der Waals surface area contributed by atoms with Crippen LogP contribution in [0, 0.1) is 0 Å². The highest BCUT2D eigenvalue weighted by Gasteiger charge is 2.16. The number of benzene rings is 7. The molecule has 0 saturated carbocycles. The molecule has 0 N–H and O–H groups in total. The number of rotatable bonds is 6. The van der Waals surface area contributed by atoms with Gasteiger partial charge in [0.05, 0.1) is 5.52 Å². The number of para-hydroxylation sites is 1. The van der Waals surface area contributed by atoms with Crippen molar-refractivity contribution in [2.45, 2.75) is 0 Å². The van der Waals surface area contributed by atoms with E-state index in [9.17, 15) is 0 Å². The highest BCUT2D eigenvalue weighted by molar-refractivity contribution is 6.04. The van der Waals surface area contributed by atoms with E-state index < -0.39 is 0 Å². The van der Waals surface area contributed by atoms with Gasteiger partial charge in [0.2, 0.25) is 0 Å². The van der Waals surface area contributed by atoms with E-state index in [-0.39, 0.29) is 0 Å². The standard InChI is InChI=1S/C46H30N4/c1-3-12-36(13-4-1)44-48-45(37-14-5-2-6-15-37)50-46(49-44)38-26-24-34(25-27-38)42-39-18-8-7-11-31(39)28-29-40(42)32-20-22-33(23-21-32)41-19-9-16-35-17-10-30-47-43(35)41/h1-30H. The van der Waals surface area contributed by atoms with Gasteiger partial charge >= 0.3 is 0 Å². The zero-order chi connectivity index (χ0) is 33.3. The van der Waals surface area contributed by atoms with E-state index in [1.54, 1.807) is 0 Å². The van der Waals surface area contributed by atoms with Crippen LogP contribution in [0.3, 0.4) is 0 Å². The molecule has 9 rings (SSSR count). The minimum absolute atomic E-state index is 0.640. The number of fused-ring (bicyclic) bond motifs is 2. The second kappa shape index (κ2) is 12.7. The summed E-state index contributed by atoms with van der Waals surface area (Å²) in [5, 5.41) is 3.54. The van der Waals surface area contributed by atoms with Gasteiger partial charge in [0.1, 0.15) is 0 Å². The van der Waals surface area contributed by atoms with Gasteiger partial charge < -0.3 is 0 Å². The third-order valence-corrected chi connectivity index (χ3v) is 9.20. The molecule has 9 aromatic rings. The predicted octanol–water partition coefficient (Wildman–Crippen LogP) is 11.6. The smallest absolute Gasteiger partial charge is 0.164 e. The zero-order valence-electron chi connectivity index (χ0n) is 27.1. The van der Waals surface area contributed by atoms with E-state index >= 15 is 0 Å². The van der Waals surface area contributed by atoms with E-state index in [2.05, 4.69) is 114 Å². The van der Waals surface area contributed by atoms with Crippen molar-refractivity contribution in [3.8, 4) is 67.5 Å². The first-order valence-corrected chi connectivity index (χ1v) is 16.7. The number of nitrogens with zero attached hydrogens (tertiary/aromatic N) is 4. The molecule has 234 valence electrons. The molecule has 7 aromatic carbocycles. The molecule has 2 aromatic heterocycles. The molecule has 0 atom stereocenters. The van der Waals surface area contributed by atoms with Crippen LogP contribution in [0.2, 0.25) is 0 Å². The molecule has 50 heavy (non-hydrogen) atoms. The second-order valence-electron chi connectivity index (χ2n) is 12.3. The first-order chi connectivity index (χ1) is 24.8. The summed E-state index contributed by atoms with van der Waals surface area (Å²) in [6, 6.07) is 61.1. The summed E-state index contributed by atoms with van der Waals surface area (Å²) in [7, 11) is 0. The van der Waals surface area contributed by atoms with Crippen molar-refractivity contribution in [1.82, 2.24) is 19.9 Å². The average Bonchev–Trinajstić information content (AvgIpc) is 3.21. The molecule has 0 spiro atoms. The lowest BCUT2D eigenvalue weighted by molar-refractivity contribution is 1.07. The lowest BCUT2D eigenvalue weighted by Crippen LogP contribution is -2.00. The topological polar surface area (TPSA) is 51.6 Å². The normalized spacial score (nSPS) is 11.2. The third-order valence-electron chi connectivity index (χ3n) is 9.20. The SMILES string of the molecule is c1ccc(-c2nc(-c3ccccc3)nc(-c3ccc(-c4c(-c5ccc(-c6cccc7cccnc67)cc5)ccc5ccccc45)cc3)n2)cc1. The average molecular weight is 639 g/mol. The van der Waals surface area contributed by atoms with Gasteiger partial charge in [-0.1, -0.05) is 170 Å². The van der Waals surface area contributed by atoms with Crippen LogP contribution >= 0.6 is 0 Å². The Morgan fingerprint density at radius 1 is 0.300 bits per heavy atom. The third kappa shape index (κ3) is 5.49. The van der Waals surface area contributed by atoms with Crippen molar-refractivity contribution in [2.24, 2.45) is 0 Å². The van der Waals surface area contributed by atoms with Gasteiger partial charge in [-0.05, 0) is 44.7 Å². The summed E-state index contributed by atoms with van der Waals surface area (Å²) in [5.74, 6) is 1.94. The predicted molar refractivity (Wildman–Crippen MR) is 205 cm³/mol. The molecule has 0 aliphatic rings. The minimum atomic E-state index is 0.640. The molecule has 0 saturated heterocycles. The molecule has 0 radical (unpaired) electrons. The first kappa shape index (κ1) is 29.4. The van der Waals surface area contributed by atoms with Crippen molar-refractivity contribution < 1.29 is 0 Å². The summed E-state index contributed by atoms with van der Waals surface area (Å²) < 4.78 is 0. The van der Waals surface area contributed by atoms with E-state index in [0.29, 0.717) is 17.5 Å². The summed E-state index contributed by atoms with van der Waals surface area (Å²) in [5.41, 5.74) is 10.8. The van der Waals surface area contributed by atoms with E-state index in [0.717, 1.165) is 49.8 Å². The first-order valence-electron chi connectivity index (χ1n) is 16.7. The van der Waals surface area contributed by atoms with Crippen molar-refractivity contribution in [2.75, 3.05) is 0 Å². The van der Waals surface area contributed by atoms with Crippen LogP contribution < -0.4 is 0 Å². The summed E-state index contributed by atoms with van der Waals surface area (Å²) in [6.45, 7) is 0. The largest absolute Gasteiger partial charge is 0.256 e. The van der Waals surface area contributed by atoms with Gasteiger partial charge in [-0.25, -0.2) is 15.0 Å². The highest BCUT2D eigenvalue weighted by atomic mass is 15.0. The van der Waals surface area contributed by atoms with Crippen LogP contribution in [-0.2, 0) is 0 Å². The van der Waals surface area contributed by atoms with Crippen LogP contribution in [0.1, 0.15) is 0 Å². The van der Waals surface area contributed by atoms with E-state index in [1.165, 1.54) is 21.9 Å². The molecule has 0 aliphatic carbocycles. The minimum Gasteiger partial charge on any atom is -0.256 e. The molecule has 4 heteroatoms. The summed E-state index contributed by atoms with van der Waals surface area (Å²) in [4.78, 5) is 19.4. The van der Waals surface area contributed by atoms with Gasteiger partial charge in [-0.15, -0.1) is 0 Å². The van der Waals surface area contributed by atoms with Gasteiger partial charge in [-0.3, -0.25) is 4.98 Å². The number of aromatic nitrogens is 4. The Kier molecular flexibility index (Phi) is 7.45. The number of pyridine rings is 1. The van der Waals surface area contributed by atoms with Gasteiger partial charge in [0, 0.05) is 33.8 Å². The summed E-state index contributed by atoms with van der Waals surface area (Å²) in [6.07, 6.45) is 1.86. The van der Waals surface area contributed by atoms with Crippen LogP contribution in [0.4, 0.5) is 0 Å². The molecule has 4 nitrogen and oxygen atoms in total. The molecular weight excluding hydrogens is 609 g/mol. The molecule has 0 unspecified atom stereocenters. The van der Waals surface area contributed by atoms with Crippen molar-refractivity contribution in [1.29, 1.82) is 0 Å². The Bertz CT molecular complexity index is 2550. The fraction of sp³-hybridized carbons (Fsp3) is 0. The summed E-state index contributed by atoms with van der Waals surface area (Å²) >= 11 is 0. The quantitative estimate of drug-likeness (QED) is 0.182. The molecule has 0 amide bonds. The molecule has 0 aliphatic heterocycles. The molecule has 2 heterocycles. The maximum atomic E-state index is 4.94. The van der Waals surface area contributed by atoms with Crippen molar-refractivity contribution >= 4 is 21.7 Å². The van der Waals surface area contributed by atoms with Crippen LogP contribution in [0.5, 0.6) is 0 Å². The van der Waals surface area contributed by atoms with Gasteiger partial charge in [0.15, 0.2) is 17.5 Å². The van der Waals surface area contributed by atoms with Crippen LogP contribution in [0.25, 0.3) is 89.2 Å². The number of hydrogen-bond donors (Lipinski definition) is 0. The highest BCUT2D eigenvalue weighted by Crippen LogP contribution is 2.40. The Morgan fingerprint density at radius 2 is 0.800 bits per heavy atom. The van der Waals surface area contributed by atoms with E-state index in [1.807, 2.05) is 72.9 Å². The van der Waals surface area contributed by atoms with Gasteiger partial charge in [0.25, 0.3) is 0 Å². The van der Waals surface area contributed by atoms with Gasteiger partial charge in [-0.2, -0.15) is 0 Å². The Labute approximate surface area is 290 Å². The maximum Gasteiger partial charge on any atom is 0.164 e. The molecular formula is C46H30N4. The lowest BCUT2D eigenvalue weighted by atomic mass is 9.89. The number of hydrogen-bond acceptors (Lipinski definition) is 4. The van der Waals surface area contributed by atoms with Crippen LogP contribution in [0.15, 0.2) is 182 Å². The fourth-order valence-electron chi connectivity index (χ4n) is 6.71.